The van der Waals surface area contributed by atoms with E-state index < -0.39 is 17.4 Å². The van der Waals surface area contributed by atoms with E-state index in [9.17, 15) is 9.59 Å². The molecule has 0 amide bonds. The molecule has 12 heteroatoms. The Hall–Kier alpha value is -2.54. The Balaban J connectivity index is 1.74. The van der Waals surface area contributed by atoms with Gasteiger partial charge >= 0.3 is 11.9 Å². The van der Waals surface area contributed by atoms with E-state index in [1.165, 1.54) is 46.2 Å². The van der Waals surface area contributed by atoms with Crippen LogP contribution in [0.1, 0.15) is 37.7 Å². The first-order chi connectivity index (χ1) is 16.8. The molecule has 0 bridgehead atoms. The number of thioether (sulfide) groups is 2. The molecule has 0 aromatic carbocycles. The van der Waals surface area contributed by atoms with Gasteiger partial charge in [-0.15, -0.1) is 22.7 Å². The van der Waals surface area contributed by atoms with E-state index in [2.05, 4.69) is 20.6 Å². The zero-order valence-electron chi connectivity index (χ0n) is 19.5. The van der Waals surface area contributed by atoms with Crippen molar-refractivity contribution in [3.05, 3.63) is 64.4 Å². The quantitative estimate of drug-likeness (QED) is 0.431. The second kappa shape index (κ2) is 11.0. The largest absolute Gasteiger partial charge is 0.462 e. The van der Waals surface area contributed by atoms with Crippen molar-refractivity contribution in [2.45, 2.75) is 27.7 Å². The Morgan fingerprint density at radius 1 is 0.857 bits per heavy atom. The topological polar surface area (TPSA) is 102 Å². The second-order valence-corrected chi connectivity index (χ2v) is 11.6. The predicted molar refractivity (Wildman–Crippen MR) is 143 cm³/mol. The lowest BCUT2D eigenvalue weighted by molar-refractivity contribution is -0.138. The van der Waals surface area contributed by atoms with Crippen LogP contribution in [0.2, 0.25) is 0 Å². The van der Waals surface area contributed by atoms with E-state index in [1.54, 1.807) is 26.2 Å². The van der Waals surface area contributed by atoms with Crippen LogP contribution >= 0.6 is 46.2 Å². The molecule has 0 spiro atoms. The number of hydrogen-bond acceptors (Lipinski definition) is 12. The van der Waals surface area contributed by atoms with Crippen LogP contribution in [0.5, 0.6) is 0 Å². The standard InChI is InChI=1S/C23H24N4O4S4/c1-5-30-21(28)17-19(26-15(34-17)11-13-24-7-9-32-13)23(3,4)20-18(22(29)31-6-2)35-16(27-20)12-14-25-8-10-33-14/h7-12,26-27H,5-6H2,1-4H3/b15-11+,16-12?. The molecule has 2 aliphatic rings. The number of rotatable bonds is 8. The lowest BCUT2D eigenvalue weighted by Gasteiger charge is -2.29. The average Bonchev–Trinajstić information content (AvgIpc) is 3.62. The zero-order valence-corrected chi connectivity index (χ0v) is 22.8. The first kappa shape index (κ1) is 25.5. The number of carbonyl (C=O) groups is 2. The molecule has 0 unspecified atom stereocenters. The Morgan fingerprint density at radius 2 is 1.29 bits per heavy atom. The molecule has 0 fully saturated rings. The number of esters is 2. The molecule has 35 heavy (non-hydrogen) atoms. The fraction of sp³-hybridized carbons (Fsp3) is 0.304. The van der Waals surface area contributed by atoms with Crippen LogP contribution in [0.3, 0.4) is 0 Å². The number of ether oxygens (including phenoxy) is 2. The van der Waals surface area contributed by atoms with Crippen molar-refractivity contribution in [3.63, 3.8) is 0 Å². The van der Waals surface area contributed by atoms with Crippen molar-refractivity contribution < 1.29 is 19.1 Å². The summed E-state index contributed by atoms with van der Waals surface area (Å²) in [5, 5.41) is 13.7. The molecule has 0 aliphatic carbocycles. The van der Waals surface area contributed by atoms with Crippen LogP contribution in [0, 0.1) is 5.41 Å². The molecule has 2 aromatic heterocycles. The van der Waals surface area contributed by atoms with Crippen molar-refractivity contribution in [2.75, 3.05) is 13.2 Å². The highest BCUT2D eigenvalue weighted by Gasteiger charge is 2.43. The van der Waals surface area contributed by atoms with Gasteiger partial charge in [-0.25, -0.2) is 19.6 Å². The summed E-state index contributed by atoms with van der Waals surface area (Å²) < 4.78 is 10.7. The first-order valence-electron chi connectivity index (χ1n) is 10.8. The minimum Gasteiger partial charge on any atom is -0.462 e. The Bertz CT molecular complexity index is 1130. The van der Waals surface area contributed by atoms with Crippen LogP contribution in [0.4, 0.5) is 0 Å². The molecular weight excluding hydrogens is 525 g/mol. The fourth-order valence-corrected chi connectivity index (χ4v) is 6.86. The van der Waals surface area contributed by atoms with Crippen LogP contribution in [0.25, 0.3) is 12.2 Å². The maximum atomic E-state index is 12.9. The van der Waals surface area contributed by atoms with E-state index in [-0.39, 0.29) is 13.2 Å². The van der Waals surface area contributed by atoms with Crippen molar-refractivity contribution in [3.8, 4) is 0 Å². The third-order valence-electron chi connectivity index (χ3n) is 4.96. The monoisotopic (exact) mass is 548 g/mol. The lowest BCUT2D eigenvalue weighted by Crippen LogP contribution is -2.32. The summed E-state index contributed by atoms with van der Waals surface area (Å²) in [4.78, 5) is 35.4. The molecule has 0 atom stereocenters. The maximum Gasteiger partial charge on any atom is 0.346 e. The number of aromatic nitrogens is 2. The molecule has 184 valence electrons. The molecule has 2 N–H and O–H groups in total. The third-order valence-corrected chi connectivity index (χ3v) is 8.43. The summed E-state index contributed by atoms with van der Waals surface area (Å²) in [7, 11) is 0. The van der Waals surface area contributed by atoms with Gasteiger partial charge in [0.15, 0.2) is 0 Å². The van der Waals surface area contributed by atoms with Gasteiger partial charge in [0, 0.05) is 52.1 Å². The predicted octanol–water partition coefficient (Wildman–Crippen LogP) is 5.15. The van der Waals surface area contributed by atoms with Crippen molar-refractivity contribution in [1.82, 2.24) is 20.6 Å². The van der Waals surface area contributed by atoms with Gasteiger partial charge in [0.1, 0.15) is 19.8 Å². The highest BCUT2D eigenvalue weighted by molar-refractivity contribution is 8.08. The molecule has 0 radical (unpaired) electrons. The van der Waals surface area contributed by atoms with Crippen molar-refractivity contribution in [1.29, 1.82) is 0 Å². The van der Waals surface area contributed by atoms with E-state index in [0.29, 0.717) is 21.2 Å². The Kier molecular flexibility index (Phi) is 8.05. The minimum atomic E-state index is -0.791. The second-order valence-electron chi connectivity index (χ2n) is 7.69. The van der Waals surface area contributed by atoms with Crippen LogP contribution in [-0.4, -0.2) is 35.1 Å². The van der Waals surface area contributed by atoms with Gasteiger partial charge in [-0.1, -0.05) is 23.5 Å². The number of nitrogens with one attached hydrogen (secondary N) is 2. The van der Waals surface area contributed by atoms with Gasteiger partial charge in [0.25, 0.3) is 0 Å². The number of hydrogen-bond donors (Lipinski definition) is 2. The summed E-state index contributed by atoms with van der Waals surface area (Å²) in [5.41, 5.74) is 0.495. The van der Waals surface area contributed by atoms with Gasteiger partial charge < -0.3 is 20.1 Å². The third kappa shape index (κ3) is 5.66. The normalized spacial score (nSPS) is 18.3. The molecule has 4 heterocycles. The Morgan fingerprint density at radius 3 is 1.63 bits per heavy atom. The SMILES string of the molecule is CCOC(=O)C1=C(C(C)(C)C2=C(C(=O)OCC)S/C(=C/c3nccs3)N2)NC(=Cc2nccs2)S1. The highest BCUT2D eigenvalue weighted by atomic mass is 32.2. The van der Waals surface area contributed by atoms with Crippen molar-refractivity contribution >= 4 is 70.3 Å². The molecule has 0 saturated heterocycles. The van der Waals surface area contributed by atoms with Gasteiger partial charge in [0.05, 0.1) is 23.3 Å². The molecule has 2 aromatic rings. The molecule has 2 aliphatic heterocycles. The first-order valence-corrected chi connectivity index (χ1v) is 14.2. The summed E-state index contributed by atoms with van der Waals surface area (Å²) in [6, 6.07) is 0. The van der Waals surface area contributed by atoms with Crippen LogP contribution < -0.4 is 10.6 Å². The van der Waals surface area contributed by atoms with E-state index in [1.807, 2.05) is 36.8 Å². The minimum absolute atomic E-state index is 0.258. The average molecular weight is 549 g/mol. The van der Waals surface area contributed by atoms with Crippen LogP contribution in [0.15, 0.2) is 54.4 Å². The zero-order chi connectivity index (χ0) is 25.0. The summed E-state index contributed by atoms with van der Waals surface area (Å²) in [6.07, 6.45) is 7.24. The van der Waals surface area contributed by atoms with Crippen molar-refractivity contribution in [2.24, 2.45) is 5.41 Å². The summed E-state index contributed by atoms with van der Waals surface area (Å²) >= 11 is 5.60. The number of nitrogens with zero attached hydrogens (tertiary/aromatic N) is 2. The molecule has 4 rings (SSSR count). The van der Waals surface area contributed by atoms with Gasteiger partial charge in [-0.2, -0.15) is 0 Å². The Labute approximate surface area is 220 Å². The number of thiazole rings is 2. The molecular formula is C23H24N4O4S4. The summed E-state index contributed by atoms with van der Waals surface area (Å²) in [6.45, 7) is 7.97. The van der Waals surface area contributed by atoms with Crippen LogP contribution in [-0.2, 0) is 19.1 Å². The van der Waals surface area contributed by atoms with Gasteiger partial charge in [-0.3, -0.25) is 0 Å². The maximum absolute atomic E-state index is 12.9. The highest BCUT2D eigenvalue weighted by Crippen LogP contribution is 2.50. The van der Waals surface area contributed by atoms with E-state index >= 15 is 0 Å². The molecule has 0 saturated carbocycles. The fourth-order valence-electron chi connectivity index (χ4n) is 3.39. The number of carbonyl (C=O) groups excluding carboxylic acids is 2. The van der Waals surface area contributed by atoms with E-state index in [0.717, 1.165) is 20.1 Å². The van der Waals surface area contributed by atoms with E-state index in [4.69, 9.17) is 9.47 Å². The lowest BCUT2D eigenvalue weighted by atomic mass is 9.84. The summed E-state index contributed by atoms with van der Waals surface area (Å²) in [5.74, 6) is -0.837. The van der Waals surface area contributed by atoms with Gasteiger partial charge in [0.2, 0.25) is 0 Å². The van der Waals surface area contributed by atoms with Gasteiger partial charge in [-0.05, 0) is 27.7 Å². The molecule has 8 nitrogen and oxygen atoms in total. The smallest absolute Gasteiger partial charge is 0.346 e.